The second-order valence-electron chi connectivity index (χ2n) is 6.18. The number of hydrogen-bond donors (Lipinski definition) is 1. The molecule has 0 bridgehead atoms. The average Bonchev–Trinajstić information content (AvgIpc) is 2.55. The molecule has 0 amide bonds. The Bertz CT molecular complexity index is 596. The quantitative estimate of drug-likeness (QED) is 0.803. The fourth-order valence-electron chi connectivity index (χ4n) is 2.62. The predicted molar refractivity (Wildman–Crippen MR) is 96.6 cm³/mol. The first kappa shape index (κ1) is 17.4. The van der Waals surface area contributed by atoms with Gasteiger partial charge in [0.15, 0.2) is 0 Å². The molecule has 4 heteroatoms. The highest BCUT2D eigenvalue weighted by molar-refractivity contribution is 5.30. The van der Waals surface area contributed by atoms with Crippen LogP contribution in [0.1, 0.15) is 49.2 Å². The van der Waals surface area contributed by atoms with Gasteiger partial charge in [-0.15, -0.1) is 0 Å². The average molecular weight is 312 g/mol. The summed E-state index contributed by atoms with van der Waals surface area (Å²) in [5, 5.41) is 3.67. The molecule has 0 aliphatic carbocycles. The highest BCUT2D eigenvalue weighted by atomic mass is 15.2. The first-order valence-electron chi connectivity index (χ1n) is 8.40. The summed E-state index contributed by atoms with van der Waals surface area (Å²) >= 11 is 0. The molecule has 1 heterocycles. The van der Waals surface area contributed by atoms with E-state index in [1.807, 2.05) is 25.9 Å². The maximum Gasteiger partial charge on any atom is 0.225 e. The summed E-state index contributed by atoms with van der Waals surface area (Å²) in [6.45, 7) is 5.01. The molecule has 1 aromatic carbocycles. The molecule has 4 nitrogen and oxygen atoms in total. The van der Waals surface area contributed by atoms with Gasteiger partial charge in [-0.1, -0.05) is 50.1 Å². The molecule has 1 N–H and O–H groups in total. The molecule has 1 unspecified atom stereocenters. The second kappa shape index (κ2) is 8.63. The first-order chi connectivity index (χ1) is 11.1. The van der Waals surface area contributed by atoms with Gasteiger partial charge in [0.1, 0.15) is 0 Å². The van der Waals surface area contributed by atoms with Gasteiger partial charge in [-0.2, -0.15) is 0 Å². The van der Waals surface area contributed by atoms with Crippen LogP contribution in [0.15, 0.2) is 36.4 Å². The van der Waals surface area contributed by atoms with Gasteiger partial charge in [-0.05, 0) is 25.0 Å². The van der Waals surface area contributed by atoms with Crippen molar-refractivity contribution >= 4 is 5.95 Å². The third-order valence-corrected chi connectivity index (χ3v) is 3.87. The van der Waals surface area contributed by atoms with Gasteiger partial charge in [0.05, 0.1) is 5.69 Å². The van der Waals surface area contributed by atoms with E-state index in [1.165, 1.54) is 18.4 Å². The zero-order valence-electron chi connectivity index (χ0n) is 14.7. The van der Waals surface area contributed by atoms with E-state index in [-0.39, 0.29) is 0 Å². The number of nitrogens with zero attached hydrogens (tertiary/aromatic N) is 3. The van der Waals surface area contributed by atoms with Crippen molar-refractivity contribution in [2.75, 3.05) is 19.0 Å². The zero-order chi connectivity index (χ0) is 16.7. The molecule has 1 atom stereocenters. The zero-order valence-corrected chi connectivity index (χ0v) is 14.7. The molecule has 0 saturated heterocycles. The number of nitrogens with one attached hydrogen (secondary N) is 1. The predicted octanol–water partition coefficient (Wildman–Crippen LogP) is 3.87. The van der Waals surface area contributed by atoms with Crippen LogP contribution in [0.25, 0.3) is 0 Å². The fourth-order valence-corrected chi connectivity index (χ4v) is 2.62. The monoisotopic (exact) mass is 312 g/mol. The highest BCUT2D eigenvalue weighted by Crippen LogP contribution is 2.20. The Labute approximate surface area is 140 Å². The lowest BCUT2D eigenvalue weighted by atomic mass is 10.0. The topological polar surface area (TPSA) is 41.1 Å². The molecule has 0 aliphatic heterocycles. The van der Waals surface area contributed by atoms with Crippen molar-refractivity contribution in [1.82, 2.24) is 15.3 Å². The smallest absolute Gasteiger partial charge is 0.225 e. The van der Waals surface area contributed by atoms with Crippen LogP contribution in [0.2, 0.25) is 0 Å². The van der Waals surface area contributed by atoms with Crippen LogP contribution in [0, 0.1) is 6.92 Å². The van der Waals surface area contributed by atoms with Gasteiger partial charge in [-0.25, -0.2) is 9.97 Å². The molecule has 0 saturated carbocycles. The summed E-state index contributed by atoms with van der Waals surface area (Å²) < 4.78 is 0. The lowest BCUT2D eigenvalue weighted by Gasteiger charge is -2.19. The Morgan fingerprint density at radius 1 is 1.13 bits per heavy atom. The summed E-state index contributed by atoms with van der Waals surface area (Å²) in [6, 6.07) is 13.1. The number of unbranched alkanes of at least 4 members (excludes halogenated alkanes) is 1. The SMILES string of the molecule is CCCCC(NCc1cc(C)nc(N(C)C)n1)c1ccccc1. The summed E-state index contributed by atoms with van der Waals surface area (Å²) in [6.07, 6.45) is 3.58. The maximum absolute atomic E-state index is 4.63. The van der Waals surface area contributed by atoms with Gasteiger partial charge < -0.3 is 10.2 Å². The van der Waals surface area contributed by atoms with E-state index >= 15 is 0 Å². The molecule has 0 radical (unpaired) electrons. The van der Waals surface area contributed by atoms with Crippen molar-refractivity contribution in [3.63, 3.8) is 0 Å². The van der Waals surface area contributed by atoms with Crippen LogP contribution in [-0.2, 0) is 6.54 Å². The lowest BCUT2D eigenvalue weighted by Crippen LogP contribution is -2.22. The van der Waals surface area contributed by atoms with Gasteiger partial charge >= 0.3 is 0 Å². The third kappa shape index (κ3) is 5.32. The second-order valence-corrected chi connectivity index (χ2v) is 6.18. The Morgan fingerprint density at radius 2 is 1.87 bits per heavy atom. The van der Waals surface area contributed by atoms with Crippen LogP contribution >= 0.6 is 0 Å². The van der Waals surface area contributed by atoms with E-state index in [4.69, 9.17) is 0 Å². The molecule has 0 aliphatic rings. The van der Waals surface area contributed by atoms with E-state index in [9.17, 15) is 0 Å². The molecule has 124 valence electrons. The van der Waals surface area contributed by atoms with Crippen molar-refractivity contribution in [1.29, 1.82) is 0 Å². The van der Waals surface area contributed by atoms with Crippen molar-refractivity contribution in [3.8, 4) is 0 Å². The number of aromatic nitrogens is 2. The summed E-state index contributed by atoms with van der Waals surface area (Å²) in [7, 11) is 3.94. The van der Waals surface area contributed by atoms with Crippen LogP contribution < -0.4 is 10.2 Å². The number of hydrogen-bond acceptors (Lipinski definition) is 4. The Kier molecular flexibility index (Phi) is 6.53. The minimum Gasteiger partial charge on any atom is -0.347 e. The summed E-state index contributed by atoms with van der Waals surface area (Å²) in [5.41, 5.74) is 3.39. The van der Waals surface area contributed by atoms with E-state index in [0.29, 0.717) is 6.04 Å². The van der Waals surface area contributed by atoms with Gasteiger partial charge in [0, 0.05) is 32.4 Å². The van der Waals surface area contributed by atoms with Gasteiger partial charge in [0.25, 0.3) is 0 Å². The third-order valence-electron chi connectivity index (χ3n) is 3.87. The van der Waals surface area contributed by atoms with Gasteiger partial charge in [-0.3, -0.25) is 0 Å². The largest absolute Gasteiger partial charge is 0.347 e. The maximum atomic E-state index is 4.63. The van der Waals surface area contributed by atoms with E-state index < -0.39 is 0 Å². The van der Waals surface area contributed by atoms with Crippen molar-refractivity contribution < 1.29 is 0 Å². The van der Waals surface area contributed by atoms with Gasteiger partial charge in [0.2, 0.25) is 5.95 Å². The number of benzene rings is 1. The molecule has 0 fully saturated rings. The molecular weight excluding hydrogens is 284 g/mol. The number of anilines is 1. The van der Waals surface area contributed by atoms with Crippen LogP contribution in [-0.4, -0.2) is 24.1 Å². The van der Waals surface area contributed by atoms with Crippen LogP contribution in [0.4, 0.5) is 5.95 Å². The fraction of sp³-hybridized carbons (Fsp3) is 0.474. The normalized spacial score (nSPS) is 12.2. The summed E-state index contributed by atoms with van der Waals surface area (Å²) in [4.78, 5) is 11.0. The highest BCUT2D eigenvalue weighted by Gasteiger charge is 2.11. The molecule has 2 aromatic rings. The van der Waals surface area contributed by atoms with Crippen molar-refractivity contribution in [2.45, 2.75) is 45.7 Å². The van der Waals surface area contributed by atoms with Crippen LogP contribution in [0.5, 0.6) is 0 Å². The minimum atomic E-state index is 0.370. The molecule has 1 aromatic heterocycles. The van der Waals surface area contributed by atoms with Crippen LogP contribution in [0.3, 0.4) is 0 Å². The minimum absolute atomic E-state index is 0.370. The molecular formula is C19H28N4. The number of rotatable bonds is 8. The Morgan fingerprint density at radius 3 is 2.52 bits per heavy atom. The number of aryl methyl sites for hydroxylation is 1. The Balaban J connectivity index is 2.09. The van der Waals surface area contributed by atoms with E-state index in [0.717, 1.165) is 30.3 Å². The van der Waals surface area contributed by atoms with Crippen molar-refractivity contribution in [3.05, 3.63) is 53.3 Å². The lowest BCUT2D eigenvalue weighted by molar-refractivity contribution is 0.477. The molecule has 2 rings (SSSR count). The Hall–Kier alpha value is -1.94. The van der Waals surface area contributed by atoms with E-state index in [2.05, 4.69) is 58.6 Å². The molecule has 0 spiro atoms. The summed E-state index contributed by atoms with van der Waals surface area (Å²) in [5.74, 6) is 0.770. The van der Waals surface area contributed by atoms with Crippen molar-refractivity contribution in [2.24, 2.45) is 0 Å². The first-order valence-corrected chi connectivity index (χ1v) is 8.40. The van der Waals surface area contributed by atoms with E-state index in [1.54, 1.807) is 0 Å². The molecule has 23 heavy (non-hydrogen) atoms. The standard InChI is InChI=1S/C19H28N4/c1-5-6-12-18(16-10-8-7-9-11-16)20-14-17-13-15(2)21-19(22-17)23(3)4/h7-11,13,18,20H,5-6,12,14H2,1-4H3.